The fourth-order valence-corrected chi connectivity index (χ4v) is 3.97. The number of carbonyl (C=O) groups excluding carboxylic acids is 2. The van der Waals surface area contributed by atoms with E-state index < -0.39 is 33.2 Å². The second-order valence-electron chi connectivity index (χ2n) is 6.16. The van der Waals surface area contributed by atoms with E-state index in [1.54, 1.807) is 31.2 Å². The minimum atomic E-state index is -3.96. The van der Waals surface area contributed by atoms with Crippen LogP contribution >= 0.6 is 11.3 Å². The van der Waals surface area contributed by atoms with Crippen LogP contribution in [0.3, 0.4) is 0 Å². The molecule has 9 nitrogen and oxygen atoms in total. The molecule has 0 spiro atoms. The molecule has 1 heterocycles. The fourth-order valence-electron chi connectivity index (χ4n) is 2.16. The molecular formula is C17H22N4O5S2. The van der Waals surface area contributed by atoms with Crippen molar-refractivity contribution < 1.29 is 22.7 Å². The maximum absolute atomic E-state index is 12.2. The smallest absolute Gasteiger partial charge is 0.241 e. The van der Waals surface area contributed by atoms with Crippen LogP contribution in [0.2, 0.25) is 0 Å². The summed E-state index contributed by atoms with van der Waals surface area (Å²) in [5.41, 5.74) is 0.365. The van der Waals surface area contributed by atoms with Gasteiger partial charge in [0.25, 0.3) is 0 Å². The van der Waals surface area contributed by atoms with E-state index >= 15 is 0 Å². The minimum Gasteiger partial charge on any atom is -0.492 e. The van der Waals surface area contributed by atoms with Crippen molar-refractivity contribution in [3.63, 3.8) is 0 Å². The zero-order chi connectivity index (χ0) is 20.7. The lowest BCUT2D eigenvalue weighted by atomic mass is 10.2. The third-order valence-electron chi connectivity index (χ3n) is 3.34. The van der Waals surface area contributed by atoms with E-state index in [0.717, 1.165) is 5.01 Å². The molecule has 1 aromatic carbocycles. The number of amides is 2. The van der Waals surface area contributed by atoms with Crippen molar-refractivity contribution in [3.05, 3.63) is 29.3 Å². The number of carbonyl (C=O) groups is 2. The first-order valence-corrected chi connectivity index (χ1v) is 11.2. The summed E-state index contributed by atoms with van der Waals surface area (Å²) in [5.74, 6) is -2.59. The van der Waals surface area contributed by atoms with Gasteiger partial charge >= 0.3 is 0 Å². The second kappa shape index (κ2) is 9.60. The van der Waals surface area contributed by atoms with Crippen molar-refractivity contribution >= 4 is 43.8 Å². The predicted octanol–water partition coefficient (Wildman–Crippen LogP) is 2.05. The molecule has 0 aliphatic rings. The fraction of sp³-hybridized carbons (Fsp3) is 0.412. The van der Waals surface area contributed by atoms with Crippen LogP contribution in [-0.4, -0.2) is 48.5 Å². The highest BCUT2D eigenvalue weighted by Crippen LogP contribution is 2.24. The van der Waals surface area contributed by atoms with Gasteiger partial charge in [-0.3, -0.25) is 14.9 Å². The molecule has 0 radical (unpaired) electrons. The molecule has 28 heavy (non-hydrogen) atoms. The summed E-state index contributed by atoms with van der Waals surface area (Å²) in [6, 6.07) is 6.69. The van der Waals surface area contributed by atoms with Gasteiger partial charge in [0.05, 0.1) is 12.3 Å². The van der Waals surface area contributed by atoms with Crippen molar-refractivity contribution in [1.29, 1.82) is 0 Å². The van der Waals surface area contributed by atoms with E-state index in [2.05, 4.69) is 20.8 Å². The lowest BCUT2D eigenvalue weighted by Crippen LogP contribution is -2.30. The Kier molecular flexibility index (Phi) is 7.46. The SMILES string of the molecule is CCOc1ccccc1NC(=O)CS(=O)(=O)CC(=O)Nc1nnc(C(C)C)s1. The third kappa shape index (κ3) is 6.57. The van der Waals surface area contributed by atoms with Crippen molar-refractivity contribution in [3.8, 4) is 5.75 Å². The van der Waals surface area contributed by atoms with Crippen molar-refractivity contribution in [2.75, 3.05) is 28.7 Å². The summed E-state index contributed by atoms with van der Waals surface area (Å²) in [6.07, 6.45) is 0. The number of benzene rings is 1. The van der Waals surface area contributed by atoms with Crippen molar-refractivity contribution in [2.45, 2.75) is 26.7 Å². The molecule has 0 fully saturated rings. The van der Waals surface area contributed by atoms with Gasteiger partial charge in [0.2, 0.25) is 16.9 Å². The maximum Gasteiger partial charge on any atom is 0.241 e. The highest BCUT2D eigenvalue weighted by atomic mass is 32.2. The standard InChI is InChI=1S/C17H22N4O5S2/c1-4-26-13-8-6-5-7-12(13)18-14(22)9-28(24,25)10-15(23)19-17-21-20-16(27-17)11(2)3/h5-8,11H,4,9-10H2,1-3H3,(H,18,22)(H,19,21,23). The molecule has 0 unspecified atom stereocenters. The third-order valence-corrected chi connectivity index (χ3v) is 5.89. The van der Waals surface area contributed by atoms with Crippen molar-refractivity contribution in [1.82, 2.24) is 10.2 Å². The molecule has 2 N–H and O–H groups in total. The molecule has 0 aliphatic carbocycles. The lowest BCUT2D eigenvalue weighted by molar-refractivity contribution is -0.114. The highest BCUT2D eigenvalue weighted by Gasteiger charge is 2.22. The van der Waals surface area contributed by atoms with E-state index in [0.29, 0.717) is 18.0 Å². The number of rotatable bonds is 9. The van der Waals surface area contributed by atoms with E-state index in [4.69, 9.17) is 4.74 Å². The van der Waals surface area contributed by atoms with Crippen LogP contribution in [0.4, 0.5) is 10.8 Å². The van der Waals surface area contributed by atoms with E-state index in [1.807, 2.05) is 13.8 Å². The van der Waals surface area contributed by atoms with Crippen LogP contribution in [0.15, 0.2) is 24.3 Å². The molecule has 2 rings (SSSR count). The normalized spacial score (nSPS) is 11.3. The Bertz CT molecular complexity index is 941. The monoisotopic (exact) mass is 426 g/mol. The van der Waals surface area contributed by atoms with Gasteiger partial charge in [-0.15, -0.1) is 10.2 Å². The van der Waals surface area contributed by atoms with Gasteiger partial charge in [-0.25, -0.2) is 8.42 Å². The number of hydrogen-bond acceptors (Lipinski definition) is 8. The Balaban J connectivity index is 1.93. The Hall–Kier alpha value is -2.53. The van der Waals surface area contributed by atoms with Gasteiger partial charge in [-0.05, 0) is 19.1 Å². The maximum atomic E-state index is 12.2. The summed E-state index contributed by atoms with van der Waals surface area (Å²) in [6.45, 7) is 6.05. The Morgan fingerprint density at radius 3 is 2.36 bits per heavy atom. The van der Waals surface area contributed by atoms with Gasteiger partial charge in [0, 0.05) is 5.92 Å². The highest BCUT2D eigenvalue weighted by molar-refractivity contribution is 7.92. The predicted molar refractivity (Wildman–Crippen MR) is 108 cm³/mol. The summed E-state index contributed by atoms with van der Waals surface area (Å²) in [4.78, 5) is 24.1. The quantitative estimate of drug-likeness (QED) is 0.628. The van der Waals surface area contributed by atoms with Crippen LogP contribution < -0.4 is 15.4 Å². The molecule has 1 aromatic heterocycles. The molecule has 152 valence electrons. The van der Waals surface area contributed by atoms with Crippen LogP contribution in [-0.2, 0) is 19.4 Å². The number of hydrogen-bond donors (Lipinski definition) is 2. The largest absolute Gasteiger partial charge is 0.492 e. The number of aromatic nitrogens is 2. The Labute approximate surface area is 167 Å². The summed E-state index contributed by atoms with van der Waals surface area (Å²) in [7, 11) is -3.96. The molecule has 0 saturated carbocycles. The zero-order valence-corrected chi connectivity index (χ0v) is 17.4. The Morgan fingerprint density at radius 1 is 1.11 bits per heavy atom. The van der Waals surface area contributed by atoms with Crippen molar-refractivity contribution in [2.24, 2.45) is 0 Å². The molecule has 0 bridgehead atoms. The average Bonchev–Trinajstić information content (AvgIpc) is 3.04. The van der Waals surface area contributed by atoms with Crippen LogP contribution in [0, 0.1) is 0 Å². The number of nitrogens with one attached hydrogen (secondary N) is 2. The van der Waals surface area contributed by atoms with Gasteiger partial charge in [0.1, 0.15) is 22.3 Å². The molecule has 0 saturated heterocycles. The molecule has 2 amide bonds. The number of para-hydroxylation sites is 2. The molecule has 2 aromatic rings. The molecule has 0 atom stereocenters. The number of sulfone groups is 1. The number of anilines is 2. The first-order chi connectivity index (χ1) is 13.2. The molecule has 0 aliphatic heterocycles. The van der Waals surface area contributed by atoms with Crippen LogP contribution in [0.1, 0.15) is 31.7 Å². The van der Waals surface area contributed by atoms with Gasteiger partial charge in [0.15, 0.2) is 9.84 Å². The Morgan fingerprint density at radius 2 is 1.75 bits per heavy atom. The first-order valence-electron chi connectivity index (χ1n) is 8.55. The summed E-state index contributed by atoms with van der Waals surface area (Å²) < 4.78 is 29.7. The molecule has 11 heteroatoms. The number of ether oxygens (including phenoxy) is 1. The first kappa shape index (κ1) is 21.8. The van der Waals surface area contributed by atoms with Gasteiger partial charge < -0.3 is 10.1 Å². The van der Waals surface area contributed by atoms with Crippen LogP contribution in [0.25, 0.3) is 0 Å². The average molecular weight is 427 g/mol. The summed E-state index contributed by atoms with van der Waals surface area (Å²) >= 11 is 1.18. The summed E-state index contributed by atoms with van der Waals surface area (Å²) in [5, 5.41) is 13.6. The minimum absolute atomic E-state index is 0.148. The van der Waals surface area contributed by atoms with Crippen LogP contribution in [0.5, 0.6) is 5.75 Å². The van der Waals surface area contributed by atoms with E-state index in [-0.39, 0.29) is 11.0 Å². The molecular weight excluding hydrogens is 404 g/mol. The van der Waals surface area contributed by atoms with Gasteiger partial charge in [-0.2, -0.15) is 0 Å². The second-order valence-corrected chi connectivity index (χ2v) is 9.23. The number of nitrogens with zero attached hydrogens (tertiary/aromatic N) is 2. The topological polar surface area (TPSA) is 127 Å². The van der Waals surface area contributed by atoms with Gasteiger partial charge in [-0.1, -0.05) is 37.3 Å². The van der Waals surface area contributed by atoms with E-state index in [1.165, 1.54) is 11.3 Å². The van der Waals surface area contributed by atoms with E-state index in [9.17, 15) is 18.0 Å². The lowest BCUT2D eigenvalue weighted by Gasteiger charge is -2.11. The zero-order valence-electron chi connectivity index (χ0n) is 15.8.